The molecule has 1 atom stereocenters. The van der Waals surface area contributed by atoms with Gasteiger partial charge in [-0.15, -0.1) is 22.7 Å². The Labute approximate surface area is 261 Å². The van der Waals surface area contributed by atoms with Crippen molar-refractivity contribution >= 4 is 61.5 Å². The molecule has 8 nitrogen and oxygen atoms in total. The minimum atomic E-state index is -0.535. The molecule has 1 aliphatic rings. The summed E-state index contributed by atoms with van der Waals surface area (Å²) in [5, 5.41) is 6.20. The number of esters is 1. The fourth-order valence-corrected chi connectivity index (χ4v) is 8.59. The lowest BCUT2D eigenvalue weighted by Crippen LogP contribution is -2.24. The Kier molecular flexibility index (Phi) is 8.30. The Hall–Kier alpha value is -3.67. The van der Waals surface area contributed by atoms with E-state index in [1.165, 1.54) is 28.0 Å². The fourth-order valence-electron chi connectivity index (χ4n) is 5.40. The summed E-state index contributed by atoms with van der Waals surface area (Å²) in [5.74, 6) is 0.937. The first kappa shape index (κ1) is 29.4. The molecular formula is C32H31N3O5S3. The van der Waals surface area contributed by atoms with Gasteiger partial charge in [-0.05, 0) is 75.3 Å². The molecule has 0 radical (unpaired) electrons. The average Bonchev–Trinajstić information content (AvgIpc) is 3.69. The molecule has 1 N–H and O–H groups in total. The van der Waals surface area contributed by atoms with Gasteiger partial charge in [-0.2, -0.15) is 0 Å². The number of hydrogen-bond donors (Lipinski definition) is 1. The molecule has 11 heteroatoms. The summed E-state index contributed by atoms with van der Waals surface area (Å²) in [6.07, 6.45) is 2.88. The number of carbonyl (C=O) groups is 2. The van der Waals surface area contributed by atoms with Crippen LogP contribution in [0.1, 0.15) is 52.4 Å². The van der Waals surface area contributed by atoms with Gasteiger partial charge in [0.25, 0.3) is 5.56 Å². The first-order chi connectivity index (χ1) is 20.7. The van der Waals surface area contributed by atoms with Crippen LogP contribution >= 0.6 is 34.4 Å². The van der Waals surface area contributed by atoms with Crippen LogP contribution in [0.2, 0.25) is 0 Å². The molecule has 1 aliphatic carbocycles. The number of nitrogens with one attached hydrogen (secondary N) is 1. The molecule has 222 valence electrons. The van der Waals surface area contributed by atoms with E-state index in [1.807, 2.05) is 44.2 Å². The Morgan fingerprint density at radius 2 is 2.02 bits per heavy atom. The van der Waals surface area contributed by atoms with Crippen molar-refractivity contribution < 1.29 is 18.7 Å². The van der Waals surface area contributed by atoms with Crippen LogP contribution in [-0.2, 0) is 22.4 Å². The monoisotopic (exact) mass is 633 g/mol. The quantitative estimate of drug-likeness (QED) is 0.108. The summed E-state index contributed by atoms with van der Waals surface area (Å²) in [4.78, 5) is 47.3. The maximum Gasteiger partial charge on any atom is 0.341 e. The second kappa shape index (κ2) is 12.1. The zero-order chi connectivity index (χ0) is 30.2. The molecule has 6 rings (SSSR count). The van der Waals surface area contributed by atoms with Crippen LogP contribution in [0.25, 0.3) is 27.2 Å². The third-order valence-electron chi connectivity index (χ3n) is 7.52. The number of aryl methyl sites for hydroxylation is 3. The highest BCUT2D eigenvalue weighted by Crippen LogP contribution is 2.39. The third kappa shape index (κ3) is 5.69. The number of anilines is 1. The smallest absolute Gasteiger partial charge is 0.341 e. The largest absolute Gasteiger partial charge is 0.462 e. The number of benzene rings is 1. The number of thiophene rings is 2. The highest BCUT2D eigenvalue weighted by atomic mass is 32.2. The van der Waals surface area contributed by atoms with Crippen LogP contribution in [0.15, 0.2) is 56.1 Å². The molecule has 0 saturated heterocycles. The van der Waals surface area contributed by atoms with Crippen molar-refractivity contribution in [2.24, 2.45) is 5.92 Å². The first-order valence-corrected chi connectivity index (χ1v) is 16.8. The maximum absolute atomic E-state index is 14.1. The fraction of sp³-hybridized carbons (Fsp3) is 0.312. The molecule has 5 aromatic rings. The molecule has 1 unspecified atom stereocenters. The second-order valence-corrected chi connectivity index (χ2v) is 13.6. The SMILES string of the molecule is CCOC(=O)c1c(-c2ccc(C)o2)csc1NC(=O)CSc1nc2sc3c(c2c(=O)n1-c1ccccc1C)CCC(C)C3. The number of nitrogens with zero attached hydrogens (tertiary/aromatic N) is 2. The van der Waals surface area contributed by atoms with Gasteiger partial charge in [0, 0.05) is 15.8 Å². The normalized spacial score (nSPS) is 14.6. The maximum atomic E-state index is 14.1. The number of furan rings is 1. The summed E-state index contributed by atoms with van der Waals surface area (Å²) in [6.45, 7) is 7.96. The number of ether oxygens (including phenoxy) is 1. The average molecular weight is 634 g/mol. The van der Waals surface area contributed by atoms with E-state index in [2.05, 4.69) is 12.2 Å². The van der Waals surface area contributed by atoms with E-state index < -0.39 is 5.97 Å². The third-order valence-corrected chi connectivity index (χ3v) is 10.5. The van der Waals surface area contributed by atoms with E-state index in [-0.39, 0.29) is 29.4 Å². The standard InChI is InChI=1S/C32H31N3O5S3/c1-5-39-31(38)27-21(23-13-11-19(4)40-23)15-41-28(27)33-25(36)16-42-32-34-29-26(20-12-10-17(2)14-24(20)43-29)30(37)35(32)22-9-7-6-8-18(22)3/h6-9,11,13,15,17H,5,10,12,14,16H2,1-4H3,(H,33,36). The molecule has 1 aromatic carbocycles. The summed E-state index contributed by atoms with van der Waals surface area (Å²) >= 11 is 4.03. The molecular weight excluding hydrogens is 603 g/mol. The Morgan fingerprint density at radius 3 is 2.77 bits per heavy atom. The first-order valence-electron chi connectivity index (χ1n) is 14.2. The van der Waals surface area contributed by atoms with Crippen LogP contribution in [0.5, 0.6) is 0 Å². The predicted molar refractivity (Wildman–Crippen MR) is 173 cm³/mol. The van der Waals surface area contributed by atoms with Gasteiger partial charge in [-0.3, -0.25) is 14.2 Å². The van der Waals surface area contributed by atoms with E-state index in [0.717, 1.165) is 40.9 Å². The van der Waals surface area contributed by atoms with Crippen molar-refractivity contribution in [3.63, 3.8) is 0 Å². The van der Waals surface area contributed by atoms with Gasteiger partial charge in [0.1, 0.15) is 26.9 Å². The molecule has 4 aromatic heterocycles. The van der Waals surface area contributed by atoms with E-state index >= 15 is 0 Å². The van der Waals surface area contributed by atoms with Gasteiger partial charge in [-0.25, -0.2) is 9.78 Å². The number of para-hydroxylation sites is 1. The summed E-state index contributed by atoms with van der Waals surface area (Å²) in [5.41, 5.74) is 3.53. The minimum absolute atomic E-state index is 0.0126. The highest BCUT2D eigenvalue weighted by molar-refractivity contribution is 7.99. The zero-order valence-electron chi connectivity index (χ0n) is 24.3. The topological polar surface area (TPSA) is 103 Å². The van der Waals surface area contributed by atoms with Crippen LogP contribution in [-0.4, -0.2) is 33.8 Å². The molecule has 0 spiro atoms. The Morgan fingerprint density at radius 1 is 1.21 bits per heavy atom. The number of aromatic nitrogens is 2. The van der Waals surface area contributed by atoms with E-state index in [0.29, 0.717) is 38.5 Å². The summed E-state index contributed by atoms with van der Waals surface area (Å²) in [6, 6.07) is 11.3. The molecule has 43 heavy (non-hydrogen) atoms. The van der Waals surface area contributed by atoms with Crippen molar-refractivity contribution in [1.29, 1.82) is 0 Å². The van der Waals surface area contributed by atoms with Gasteiger partial charge in [0.05, 0.1) is 23.4 Å². The van der Waals surface area contributed by atoms with Crippen molar-refractivity contribution in [3.05, 3.63) is 79.5 Å². The summed E-state index contributed by atoms with van der Waals surface area (Å²) < 4.78 is 12.7. The Bertz CT molecular complexity index is 1910. The van der Waals surface area contributed by atoms with Gasteiger partial charge < -0.3 is 14.5 Å². The minimum Gasteiger partial charge on any atom is -0.462 e. The molecule has 1 amide bonds. The molecule has 0 fully saturated rings. The van der Waals surface area contributed by atoms with E-state index in [9.17, 15) is 14.4 Å². The molecule has 0 bridgehead atoms. The number of fused-ring (bicyclic) bond motifs is 3. The van der Waals surface area contributed by atoms with Crippen LogP contribution in [0.4, 0.5) is 5.00 Å². The second-order valence-electron chi connectivity index (χ2n) is 10.7. The van der Waals surface area contributed by atoms with Gasteiger partial charge in [0.2, 0.25) is 5.91 Å². The predicted octanol–water partition coefficient (Wildman–Crippen LogP) is 7.42. The lowest BCUT2D eigenvalue weighted by Gasteiger charge is -2.18. The number of rotatable bonds is 8. The van der Waals surface area contributed by atoms with E-state index in [1.54, 1.807) is 34.3 Å². The molecule has 4 heterocycles. The number of hydrogen-bond acceptors (Lipinski definition) is 9. The van der Waals surface area contributed by atoms with Crippen LogP contribution in [0, 0.1) is 19.8 Å². The van der Waals surface area contributed by atoms with Crippen molar-refractivity contribution in [2.75, 3.05) is 17.7 Å². The van der Waals surface area contributed by atoms with E-state index in [4.69, 9.17) is 14.1 Å². The lowest BCUT2D eigenvalue weighted by atomic mass is 9.89. The van der Waals surface area contributed by atoms with Gasteiger partial charge in [0.15, 0.2) is 5.16 Å². The van der Waals surface area contributed by atoms with Gasteiger partial charge in [-0.1, -0.05) is 36.9 Å². The molecule has 0 saturated carbocycles. The Balaban J connectivity index is 1.33. The van der Waals surface area contributed by atoms with Crippen LogP contribution in [0.3, 0.4) is 0 Å². The zero-order valence-corrected chi connectivity index (χ0v) is 26.8. The highest BCUT2D eigenvalue weighted by Gasteiger charge is 2.27. The number of thioether (sulfide) groups is 1. The van der Waals surface area contributed by atoms with Crippen LogP contribution < -0.4 is 10.9 Å². The molecule has 0 aliphatic heterocycles. The number of carbonyl (C=O) groups excluding carboxylic acids is 2. The van der Waals surface area contributed by atoms with Crippen molar-refractivity contribution in [3.8, 4) is 17.0 Å². The van der Waals surface area contributed by atoms with Gasteiger partial charge >= 0.3 is 5.97 Å². The summed E-state index contributed by atoms with van der Waals surface area (Å²) in [7, 11) is 0. The lowest BCUT2D eigenvalue weighted by molar-refractivity contribution is -0.113. The van der Waals surface area contributed by atoms with Crippen molar-refractivity contribution in [1.82, 2.24) is 9.55 Å². The van der Waals surface area contributed by atoms with Crippen molar-refractivity contribution in [2.45, 2.75) is 52.1 Å². The number of amides is 1.